The summed E-state index contributed by atoms with van der Waals surface area (Å²) in [6, 6.07) is 1.99. The molecular formula is C14H25N5O2. The lowest BCUT2D eigenvalue weighted by Crippen LogP contribution is -2.51. The molecule has 118 valence electrons. The Morgan fingerprint density at radius 2 is 2.33 bits per heavy atom. The normalized spacial score (nSPS) is 21.5. The van der Waals surface area contributed by atoms with Gasteiger partial charge in [0.2, 0.25) is 5.91 Å². The summed E-state index contributed by atoms with van der Waals surface area (Å²) in [6.07, 6.45) is 1.68. The van der Waals surface area contributed by atoms with Crippen LogP contribution in [0.4, 0.5) is 5.82 Å². The van der Waals surface area contributed by atoms with E-state index >= 15 is 0 Å². The minimum atomic E-state index is -0.0391. The van der Waals surface area contributed by atoms with Crippen molar-refractivity contribution >= 4 is 11.7 Å². The van der Waals surface area contributed by atoms with Crippen molar-refractivity contribution < 1.29 is 9.53 Å². The Balaban J connectivity index is 1.88. The van der Waals surface area contributed by atoms with Crippen molar-refractivity contribution in [2.24, 2.45) is 5.73 Å². The molecular weight excluding hydrogens is 270 g/mol. The van der Waals surface area contributed by atoms with Gasteiger partial charge in [0.05, 0.1) is 25.5 Å². The standard InChI is InChI=1S/C14H25N5O2/c1-10(2)19-13(4-5-16-19)17-14(20)9-18-6-7-21-12(8-18)11(3)15/h4-5,10-12H,6-9,15H2,1-3H3,(H,17,20). The molecule has 2 rings (SSSR count). The Labute approximate surface area is 125 Å². The molecule has 1 aromatic rings. The lowest BCUT2D eigenvalue weighted by atomic mass is 10.1. The average Bonchev–Trinajstić information content (AvgIpc) is 2.87. The number of nitrogens with one attached hydrogen (secondary N) is 1. The summed E-state index contributed by atoms with van der Waals surface area (Å²) < 4.78 is 7.39. The van der Waals surface area contributed by atoms with E-state index in [1.54, 1.807) is 10.9 Å². The maximum absolute atomic E-state index is 12.2. The monoisotopic (exact) mass is 295 g/mol. The van der Waals surface area contributed by atoms with Crippen molar-refractivity contribution in [1.82, 2.24) is 14.7 Å². The third-order valence-electron chi connectivity index (χ3n) is 3.56. The summed E-state index contributed by atoms with van der Waals surface area (Å²) in [5.74, 6) is 0.690. The van der Waals surface area contributed by atoms with E-state index in [0.717, 1.165) is 12.4 Å². The Morgan fingerprint density at radius 3 is 3.00 bits per heavy atom. The molecule has 3 N–H and O–H groups in total. The number of hydrogen-bond donors (Lipinski definition) is 2. The Kier molecular flexibility index (Phi) is 5.33. The summed E-state index contributed by atoms with van der Waals surface area (Å²) in [5.41, 5.74) is 5.86. The highest BCUT2D eigenvalue weighted by atomic mass is 16.5. The molecule has 0 saturated carbocycles. The van der Waals surface area contributed by atoms with Crippen LogP contribution in [0, 0.1) is 0 Å². The minimum Gasteiger partial charge on any atom is -0.374 e. The van der Waals surface area contributed by atoms with Gasteiger partial charge in [-0.1, -0.05) is 0 Å². The number of anilines is 1. The molecule has 1 aromatic heterocycles. The number of amides is 1. The first kappa shape index (κ1) is 15.9. The van der Waals surface area contributed by atoms with Gasteiger partial charge in [-0.2, -0.15) is 5.10 Å². The predicted octanol–water partition coefficient (Wildman–Crippen LogP) is 0.451. The molecule has 2 heterocycles. The molecule has 1 aliphatic rings. The molecule has 1 fully saturated rings. The zero-order chi connectivity index (χ0) is 15.4. The largest absolute Gasteiger partial charge is 0.374 e. The fraction of sp³-hybridized carbons (Fsp3) is 0.714. The van der Waals surface area contributed by atoms with Crippen molar-refractivity contribution in [3.05, 3.63) is 12.3 Å². The van der Waals surface area contributed by atoms with Gasteiger partial charge in [0, 0.05) is 31.2 Å². The third-order valence-corrected chi connectivity index (χ3v) is 3.56. The lowest BCUT2D eigenvalue weighted by molar-refractivity contribution is -0.119. The van der Waals surface area contributed by atoms with Gasteiger partial charge in [-0.15, -0.1) is 0 Å². The van der Waals surface area contributed by atoms with Crippen molar-refractivity contribution in [2.75, 3.05) is 31.6 Å². The van der Waals surface area contributed by atoms with Crippen LogP contribution in [0.5, 0.6) is 0 Å². The van der Waals surface area contributed by atoms with Crippen LogP contribution in [-0.4, -0.2) is 59.0 Å². The van der Waals surface area contributed by atoms with Crippen LogP contribution in [0.25, 0.3) is 0 Å². The van der Waals surface area contributed by atoms with Crippen molar-refractivity contribution in [1.29, 1.82) is 0 Å². The van der Waals surface area contributed by atoms with E-state index in [2.05, 4.69) is 15.3 Å². The highest BCUT2D eigenvalue weighted by molar-refractivity contribution is 5.91. The molecule has 1 aliphatic heterocycles. The molecule has 7 nitrogen and oxygen atoms in total. The molecule has 21 heavy (non-hydrogen) atoms. The number of morpholine rings is 1. The van der Waals surface area contributed by atoms with Gasteiger partial charge in [0.15, 0.2) is 0 Å². The number of ether oxygens (including phenoxy) is 1. The van der Waals surface area contributed by atoms with E-state index in [1.807, 2.05) is 26.8 Å². The number of rotatable bonds is 5. The van der Waals surface area contributed by atoms with Gasteiger partial charge < -0.3 is 15.8 Å². The van der Waals surface area contributed by atoms with E-state index in [-0.39, 0.29) is 24.1 Å². The summed E-state index contributed by atoms with van der Waals surface area (Å²) >= 11 is 0. The second-order valence-corrected chi connectivity index (χ2v) is 5.81. The minimum absolute atomic E-state index is 0.00672. The lowest BCUT2D eigenvalue weighted by Gasteiger charge is -2.34. The highest BCUT2D eigenvalue weighted by Gasteiger charge is 2.24. The van der Waals surface area contributed by atoms with Gasteiger partial charge in [0.1, 0.15) is 5.82 Å². The summed E-state index contributed by atoms with van der Waals surface area (Å²) in [5, 5.41) is 7.11. The smallest absolute Gasteiger partial charge is 0.239 e. The highest BCUT2D eigenvalue weighted by Crippen LogP contribution is 2.13. The molecule has 0 spiro atoms. The molecule has 1 saturated heterocycles. The van der Waals surface area contributed by atoms with Crippen LogP contribution in [0.1, 0.15) is 26.8 Å². The zero-order valence-corrected chi connectivity index (χ0v) is 13.0. The van der Waals surface area contributed by atoms with E-state index in [1.165, 1.54) is 0 Å². The van der Waals surface area contributed by atoms with Gasteiger partial charge in [0.25, 0.3) is 0 Å². The molecule has 0 radical (unpaired) electrons. The second-order valence-electron chi connectivity index (χ2n) is 5.81. The quantitative estimate of drug-likeness (QED) is 0.824. The van der Waals surface area contributed by atoms with Gasteiger partial charge in [-0.25, -0.2) is 4.68 Å². The number of nitrogens with zero attached hydrogens (tertiary/aromatic N) is 3. The first-order valence-electron chi connectivity index (χ1n) is 7.40. The third kappa shape index (κ3) is 4.26. The Hall–Kier alpha value is -1.44. The molecule has 0 aromatic carbocycles. The Morgan fingerprint density at radius 1 is 1.57 bits per heavy atom. The van der Waals surface area contributed by atoms with E-state index in [0.29, 0.717) is 19.7 Å². The summed E-state index contributed by atoms with van der Waals surface area (Å²) in [7, 11) is 0. The van der Waals surface area contributed by atoms with Gasteiger partial charge in [-0.3, -0.25) is 9.69 Å². The molecule has 0 bridgehead atoms. The SMILES string of the molecule is CC(N)C1CN(CC(=O)Nc2ccnn2C(C)C)CCO1. The topological polar surface area (TPSA) is 85.4 Å². The van der Waals surface area contributed by atoms with Crippen molar-refractivity contribution in [3.8, 4) is 0 Å². The van der Waals surface area contributed by atoms with Crippen LogP contribution in [0.15, 0.2) is 12.3 Å². The molecule has 7 heteroatoms. The average molecular weight is 295 g/mol. The number of carbonyl (C=O) groups is 1. The van der Waals surface area contributed by atoms with E-state index < -0.39 is 0 Å². The summed E-state index contributed by atoms with van der Waals surface area (Å²) in [4.78, 5) is 14.2. The maximum Gasteiger partial charge on any atom is 0.239 e. The fourth-order valence-electron chi connectivity index (χ4n) is 2.40. The molecule has 2 unspecified atom stereocenters. The molecule has 0 aliphatic carbocycles. The second kappa shape index (κ2) is 7.02. The van der Waals surface area contributed by atoms with Gasteiger partial charge in [-0.05, 0) is 20.8 Å². The maximum atomic E-state index is 12.2. The number of hydrogen-bond acceptors (Lipinski definition) is 5. The van der Waals surface area contributed by atoms with Gasteiger partial charge >= 0.3 is 0 Å². The first-order chi connectivity index (χ1) is 9.97. The van der Waals surface area contributed by atoms with Crippen molar-refractivity contribution in [2.45, 2.75) is 39.0 Å². The van der Waals surface area contributed by atoms with Crippen LogP contribution in [-0.2, 0) is 9.53 Å². The van der Waals surface area contributed by atoms with Crippen LogP contribution >= 0.6 is 0 Å². The van der Waals surface area contributed by atoms with Crippen LogP contribution < -0.4 is 11.1 Å². The number of carbonyl (C=O) groups excluding carboxylic acids is 1. The summed E-state index contributed by atoms with van der Waals surface area (Å²) in [6.45, 7) is 8.37. The zero-order valence-electron chi connectivity index (χ0n) is 13.0. The van der Waals surface area contributed by atoms with Crippen molar-refractivity contribution in [3.63, 3.8) is 0 Å². The Bertz CT molecular complexity index is 472. The first-order valence-corrected chi connectivity index (χ1v) is 7.40. The van der Waals surface area contributed by atoms with E-state index in [4.69, 9.17) is 10.5 Å². The molecule has 2 atom stereocenters. The molecule has 1 amide bonds. The number of nitrogens with two attached hydrogens (primary N) is 1. The number of aromatic nitrogens is 2. The fourth-order valence-corrected chi connectivity index (χ4v) is 2.40. The van der Waals surface area contributed by atoms with Crippen LogP contribution in [0.3, 0.4) is 0 Å². The van der Waals surface area contributed by atoms with Crippen LogP contribution in [0.2, 0.25) is 0 Å². The predicted molar refractivity (Wildman–Crippen MR) is 81.1 cm³/mol. The van der Waals surface area contributed by atoms with E-state index in [9.17, 15) is 4.79 Å².